The van der Waals surface area contributed by atoms with Gasteiger partial charge in [0.15, 0.2) is 0 Å². The highest BCUT2D eigenvalue weighted by Crippen LogP contribution is 2.16. The quantitative estimate of drug-likeness (QED) is 0.450. The summed E-state index contributed by atoms with van der Waals surface area (Å²) < 4.78 is 0. The van der Waals surface area contributed by atoms with Gasteiger partial charge >= 0.3 is 17.8 Å². The van der Waals surface area contributed by atoms with Crippen molar-refractivity contribution in [1.82, 2.24) is 5.43 Å². The zero-order chi connectivity index (χ0) is 18.4. The monoisotopic (exact) mass is 339 g/mol. The van der Waals surface area contributed by atoms with Crippen molar-refractivity contribution in [1.29, 1.82) is 0 Å². The van der Waals surface area contributed by atoms with Gasteiger partial charge in [-0.15, -0.1) is 0 Å². The summed E-state index contributed by atoms with van der Waals surface area (Å²) in [6.45, 7) is 3.69. The van der Waals surface area contributed by atoms with E-state index in [2.05, 4.69) is 15.8 Å². The van der Waals surface area contributed by atoms with E-state index in [1.165, 1.54) is 18.3 Å². The molecular formula is C18H17N3O4. The molecule has 0 radical (unpaired) electrons. The highest BCUT2D eigenvalue weighted by Gasteiger charge is 2.14. The number of aromatic carboxylic acids is 1. The normalized spacial score (nSPS) is 10.5. The van der Waals surface area contributed by atoms with Crippen molar-refractivity contribution < 1.29 is 19.5 Å². The van der Waals surface area contributed by atoms with Crippen LogP contribution in [0.1, 0.15) is 27.0 Å². The third kappa shape index (κ3) is 4.74. The number of nitrogens with one attached hydrogen (secondary N) is 2. The van der Waals surface area contributed by atoms with E-state index in [4.69, 9.17) is 5.11 Å². The van der Waals surface area contributed by atoms with Crippen LogP contribution in [-0.2, 0) is 9.59 Å². The van der Waals surface area contributed by atoms with E-state index >= 15 is 0 Å². The second kappa shape index (κ2) is 7.87. The lowest BCUT2D eigenvalue weighted by Gasteiger charge is -2.08. The van der Waals surface area contributed by atoms with Gasteiger partial charge in [-0.25, -0.2) is 10.2 Å². The largest absolute Gasteiger partial charge is 0.478 e. The van der Waals surface area contributed by atoms with E-state index in [-0.39, 0.29) is 5.56 Å². The van der Waals surface area contributed by atoms with E-state index in [9.17, 15) is 14.4 Å². The molecule has 3 N–H and O–H groups in total. The topological polar surface area (TPSA) is 108 Å². The summed E-state index contributed by atoms with van der Waals surface area (Å²) in [5.74, 6) is -2.93. The standard InChI is InChI=1S/C18H17N3O4/c1-11-7-8-12(2)15(9-11)20-16(22)17(23)21-19-10-13-5-3-4-6-14(13)18(24)25/h3-10H,1-2H3,(H,20,22)(H,21,23)(H,24,25)/b19-10+. The van der Waals surface area contributed by atoms with Gasteiger partial charge in [0.05, 0.1) is 11.8 Å². The molecule has 0 spiro atoms. The number of carbonyl (C=O) groups excluding carboxylic acids is 2. The van der Waals surface area contributed by atoms with Gasteiger partial charge < -0.3 is 10.4 Å². The van der Waals surface area contributed by atoms with E-state index < -0.39 is 17.8 Å². The lowest BCUT2D eigenvalue weighted by Crippen LogP contribution is -2.32. The van der Waals surface area contributed by atoms with E-state index in [1.807, 2.05) is 26.0 Å². The van der Waals surface area contributed by atoms with Crippen LogP contribution in [0.5, 0.6) is 0 Å². The fourth-order valence-corrected chi connectivity index (χ4v) is 2.07. The van der Waals surface area contributed by atoms with Gasteiger partial charge in [0.1, 0.15) is 0 Å². The molecule has 0 aliphatic carbocycles. The van der Waals surface area contributed by atoms with Crippen LogP contribution in [0.4, 0.5) is 5.69 Å². The Balaban J connectivity index is 2.01. The maximum absolute atomic E-state index is 11.9. The molecule has 2 aromatic rings. The summed E-state index contributed by atoms with van der Waals surface area (Å²) in [6.07, 6.45) is 1.17. The Bertz CT molecular complexity index is 859. The summed E-state index contributed by atoms with van der Waals surface area (Å²) in [6, 6.07) is 11.7. The van der Waals surface area contributed by atoms with Gasteiger partial charge in [-0.05, 0) is 37.1 Å². The van der Waals surface area contributed by atoms with Crippen LogP contribution in [0, 0.1) is 13.8 Å². The Morgan fingerprint density at radius 2 is 1.76 bits per heavy atom. The minimum absolute atomic E-state index is 0.0420. The van der Waals surface area contributed by atoms with Crippen LogP contribution in [0.15, 0.2) is 47.6 Å². The van der Waals surface area contributed by atoms with Gasteiger partial charge in [-0.3, -0.25) is 9.59 Å². The summed E-state index contributed by atoms with van der Waals surface area (Å²) >= 11 is 0. The highest BCUT2D eigenvalue weighted by molar-refractivity contribution is 6.39. The number of hydrazone groups is 1. The molecule has 0 heterocycles. The molecule has 0 atom stereocenters. The Hall–Kier alpha value is -3.48. The average molecular weight is 339 g/mol. The van der Waals surface area contributed by atoms with Crippen LogP contribution < -0.4 is 10.7 Å². The summed E-state index contributed by atoms with van der Waals surface area (Å²) in [5, 5.41) is 15.2. The smallest absolute Gasteiger partial charge is 0.336 e. The number of carbonyl (C=O) groups is 3. The van der Waals surface area contributed by atoms with Crippen molar-refractivity contribution in [2.24, 2.45) is 5.10 Å². The number of carboxylic acid groups (broad SMARTS) is 1. The van der Waals surface area contributed by atoms with Crippen molar-refractivity contribution in [2.75, 3.05) is 5.32 Å². The molecular weight excluding hydrogens is 322 g/mol. The van der Waals surface area contributed by atoms with Crippen molar-refractivity contribution in [2.45, 2.75) is 13.8 Å². The Labute approximate surface area is 144 Å². The molecule has 2 amide bonds. The number of hydrogen-bond donors (Lipinski definition) is 3. The predicted molar refractivity (Wildman–Crippen MR) is 93.7 cm³/mol. The second-order valence-electron chi connectivity index (χ2n) is 5.36. The fourth-order valence-electron chi connectivity index (χ4n) is 2.07. The van der Waals surface area contributed by atoms with Gasteiger partial charge in [-0.2, -0.15) is 5.10 Å². The van der Waals surface area contributed by atoms with Gasteiger partial charge in [-0.1, -0.05) is 30.3 Å². The number of benzene rings is 2. The summed E-state index contributed by atoms with van der Waals surface area (Å²) in [4.78, 5) is 34.8. The first kappa shape index (κ1) is 17.9. The maximum atomic E-state index is 11.9. The molecule has 7 heteroatoms. The second-order valence-corrected chi connectivity index (χ2v) is 5.36. The van der Waals surface area contributed by atoms with Crippen LogP contribution in [0.3, 0.4) is 0 Å². The van der Waals surface area contributed by atoms with Gasteiger partial charge in [0.25, 0.3) is 0 Å². The molecule has 0 saturated heterocycles. The van der Waals surface area contributed by atoms with Crippen molar-refractivity contribution >= 4 is 29.7 Å². The molecule has 0 saturated carbocycles. The predicted octanol–water partition coefficient (Wildman–Crippen LogP) is 2.09. The zero-order valence-corrected chi connectivity index (χ0v) is 13.7. The molecule has 2 aromatic carbocycles. The molecule has 0 bridgehead atoms. The SMILES string of the molecule is Cc1ccc(C)c(NC(=O)C(=O)N/N=C/c2ccccc2C(=O)O)c1. The highest BCUT2D eigenvalue weighted by atomic mass is 16.4. The Kier molecular flexibility index (Phi) is 5.62. The van der Waals surface area contributed by atoms with E-state index in [0.717, 1.165) is 11.1 Å². The summed E-state index contributed by atoms with van der Waals surface area (Å²) in [7, 11) is 0. The van der Waals surface area contributed by atoms with Crippen LogP contribution in [0.2, 0.25) is 0 Å². The van der Waals surface area contributed by atoms with Crippen LogP contribution in [-0.4, -0.2) is 29.1 Å². The number of amides is 2. The third-order valence-corrected chi connectivity index (χ3v) is 3.41. The number of rotatable bonds is 4. The third-order valence-electron chi connectivity index (χ3n) is 3.41. The number of hydrogen-bond acceptors (Lipinski definition) is 4. The molecule has 0 unspecified atom stereocenters. The molecule has 0 aromatic heterocycles. The number of aryl methyl sites for hydroxylation is 2. The van der Waals surface area contributed by atoms with E-state index in [1.54, 1.807) is 18.2 Å². The van der Waals surface area contributed by atoms with E-state index in [0.29, 0.717) is 11.3 Å². The van der Waals surface area contributed by atoms with Crippen LogP contribution >= 0.6 is 0 Å². The lowest BCUT2D eigenvalue weighted by atomic mass is 10.1. The maximum Gasteiger partial charge on any atom is 0.336 e. The lowest BCUT2D eigenvalue weighted by molar-refractivity contribution is -0.136. The van der Waals surface area contributed by atoms with Crippen molar-refractivity contribution in [3.8, 4) is 0 Å². The number of carboxylic acids is 1. The fraction of sp³-hybridized carbons (Fsp3) is 0.111. The molecule has 25 heavy (non-hydrogen) atoms. The minimum atomic E-state index is -1.11. The molecule has 0 fully saturated rings. The van der Waals surface area contributed by atoms with Crippen molar-refractivity contribution in [3.05, 3.63) is 64.7 Å². The Morgan fingerprint density at radius 1 is 1.04 bits per heavy atom. The molecule has 128 valence electrons. The van der Waals surface area contributed by atoms with Crippen LogP contribution in [0.25, 0.3) is 0 Å². The molecule has 0 aliphatic rings. The first-order chi connectivity index (χ1) is 11.9. The van der Waals surface area contributed by atoms with Crippen molar-refractivity contribution in [3.63, 3.8) is 0 Å². The molecule has 0 aliphatic heterocycles. The molecule has 2 rings (SSSR count). The zero-order valence-electron chi connectivity index (χ0n) is 13.7. The van der Waals surface area contributed by atoms with Gasteiger partial charge in [0.2, 0.25) is 0 Å². The first-order valence-electron chi connectivity index (χ1n) is 7.42. The minimum Gasteiger partial charge on any atom is -0.478 e. The first-order valence-corrected chi connectivity index (χ1v) is 7.42. The number of anilines is 1. The molecule has 7 nitrogen and oxygen atoms in total. The van der Waals surface area contributed by atoms with Gasteiger partial charge in [0, 0.05) is 11.3 Å². The summed E-state index contributed by atoms with van der Waals surface area (Å²) in [5.41, 5.74) is 4.74. The Morgan fingerprint density at radius 3 is 2.48 bits per heavy atom. The average Bonchev–Trinajstić information content (AvgIpc) is 2.58. The number of nitrogens with zero attached hydrogens (tertiary/aromatic N) is 1.